The van der Waals surface area contributed by atoms with Crippen LogP contribution in [0.2, 0.25) is 0 Å². The van der Waals surface area contributed by atoms with Crippen molar-refractivity contribution < 1.29 is 23.6 Å². The molecule has 1 heterocycles. The Morgan fingerprint density at radius 1 is 1.00 bits per heavy atom. The standard InChI is InChI=1S/C21H25BO5/c1-20(2)21(3,4)27-22(26-20)16-11-12-17(19(23)24-5)18(13-16)25-14-15-9-7-6-8-10-15/h6-13H,14H2,1-5H3. The molecule has 0 atom stereocenters. The third kappa shape index (κ3) is 4.02. The Morgan fingerprint density at radius 2 is 1.63 bits per heavy atom. The van der Waals surface area contributed by atoms with Gasteiger partial charge in [0.2, 0.25) is 0 Å². The molecule has 1 saturated heterocycles. The topological polar surface area (TPSA) is 54.0 Å². The van der Waals surface area contributed by atoms with E-state index in [9.17, 15) is 4.79 Å². The van der Waals surface area contributed by atoms with Crippen LogP contribution in [0.5, 0.6) is 5.75 Å². The molecule has 1 aliphatic heterocycles. The Balaban J connectivity index is 1.88. The lowest BCUT2D eigenvalue weighted by Crippen LogP contribution is -2.41. The summed E-state index contributed by atoms with van der Waals surface area (Å²) < 4.78 is 23.0. The number of rotatable bonds is 5. The first kappa shape index (κ1) is 19.5. The van der Waals surface area contributed by atoms with Gasteiger partial charge in [-0.25, -0.2) is 4.79 Å². The fraction of sp³-hybridized carbons (Fsp3) is 0.381. The fourth-order valence-corrected chi connectivity index (χ4v) is 2.80. The molecule has 0 unspecified atom stereocenters. The molecule has 2 aromatic rings. The second-order valence-corrected chi connectivity index (χ2v) is 7.61. The van der Waals surface area contributed by atoms with E-state index in [-0.39, 0.29) is 0 Å². The zero-order valence-corrected chi connectivity index (χ0v) is 16.4. The predicted octanol–water partition coefficient (Wildman–Crippen LogP) is 3.35. The molecule has 27 heavy (non-hydrogen) atoms. The minimum absolute atomic E-state index is 0.345. The molecule has 0 aliphatic carbocycles. The van der Waals surface area contributed by atoms with Gasteiger partial charge in [-0.15, -0.1) is 0 Å². The Labute approximate surface area is 160 Å². The van der Waals surface area contributed by atoms with Crippen molar-refractivity contribution in [2.24, 2.45) is 0 Å². The number of methoxy groups -OCH3 is 1. The molecule has 6 heteroatoms. The molecule has 1 fully saturated rings. The van der Waals surface area contributed by atoms with Crippen molar-refractivity contribution in [1.29, 1.82) is 0 Å². The van der Waals surface area contributed by atoms with Crippen LogP contribution >= 0.6 is 0 Å². The van der Waals surface area contributed by atoms with Gasteiger partial charge in [0.25, 0.3) is 0 Å². The van der Waals surface area contributed by atoms with Gasteiger partial charge in [-0.05, 0) is 50.9 Å². The molecule has 142 valence electrons. The van der Waals surface area contributed by atoms with E-state index < -0.39 is 24.3 Å². The van der Waals surface area contributed by atoms with Crippen LogP contribution in [0.1, 0.15) is 43.6 Å². The molecule has 0 aromatic heterocycles. The summed E-state index contributed by atoms with van der Waals surface area (Å²) in [6, 6.07) is 15.1. The van der Waals surface area contributed by atoms with Crippen LogP contribution in [0, 0.1) is 0 Å². The number of benzene rings is 2. The van der Waals surface area contributed by atoms with Crippen molar-refractivity contribution in [1.82, 2.24) is 0 Å². The predicted molar refractivity (Wildman–Crippen MR) is 104 cm³/mol. The molecule has 5 nitrogen and oxygen atoms in total. The van der Waals surface area contributed by atoms with Crippen LogP contribution in [0.25, 0.3) is 0 Å². The monoisotopic (exact) mass is 368 g/mol. The van der Waals surface area contributed by atoms with Gasteiger partial charge in [-0.3, -0.25) is 0 Å². The molecular weight excluding hydrogens is 343 g/mol. The molecule has 0 spiro atoms. The summed E-state index contributed by atoms with van der Waals surface area (Å²) in [6.45, 7) is 8.36. The molecule has 0 N–H and O–H groups in total. The van der Waals surface area contributed by atoms with E-state index in [1.807, 2.05) is 64.1 Å². The van der Waals surface area contributed by atoms with Gasteiger partial charge in [-0.2, -0.15) is 0 Å². The van der Waals surface area contributed by atoms with Crippen LogP contribution in [-0.4, -0.2) is 31.4 Å². The SMILES string of the molecule is COC(=O)c1ccc(B2OC(C)(C)C(C)(C)O2)cc1OCc1ccccc1. The maximum Gasteiger partial charge on any atom is 0.494 e. The number of ether oxygens (including phenoxy) is 2. The van der Waals surface area contributed by atoms with Gasteiger partial charge in [-0.1, -0.05) is 36.4 Å². The number of carbonyl (C=O) groups is 1. The van der Waals surface area contributed by atoms with E-state index >= 15 is 0 Å². The molecule has 0 radical (unpaired) electrons. The minimum Gasteiger partial charge on any atom is -0.488 e. The highest BCUT2D eigenvalue weighted by Gasteiger charge is 2.51. The molecule has 0 saturated carbocycles. The Bertz CT molecular complexity index is 801. The molecule has 0 amide bonds. The van der Waals surface area contributed by atoms with Gasteiger partial charge < -0.3 is 18.8 Å². The summed E-state index contributed by atoms with van der Waals surface area (Å²) >= 11 is 0. The summed E-state index contributed by atoms with van der Waals surface area (Å²) in [6.07, 6.45) is 0. The highest BCUT2D eigenvalue weighted by Crippen LogP contribution is 2.36. The lowest BCUT2D eigenvalue weighted by molar-refractivity contribution is 0.00578. The van der Waals surface area contributed by atoms with Gasteiger partial charge in [0, 0.05) is 0 Å². The van der Waals surface area contributed by atoms with Gasteiger partial charge in [0.15, 0.2) is 0 Å². The number of hydrogen-bond acceptors (Lipinski definition) is 5. The Morgan fingerprint density at radius 3 is 2.22 bits per heavy atom. The summed E-state index contributed by atoms with van der Waals surface area (Å²) in [5, 5.41) is 0. The zero-order chi connectivity index (χ0) is 19.7. The minimum atomic E-state index is -0.527. The van der Waals surface area contributed by atoms with Crippen LogP contribution in [0.15, 0.2) is 48.5 Å². The average molecular weight is 368 g/mol. The third-order valence-electron chi connectivity index (χ3n) is 5.17. The Kier molecular flexibility index (Phi) is 5.31. The smallest absolute Gasteiger partial charge is 0.488 e. The summed E-state index contributed by atoms with van der Waals surface area (Å²) in [4.78, 5) is 12.1. The number of carbonyl (C=O) groups excluding carboxylic acids is 1. The van der Waals surface area contributed by atoms with Crippen molar-refractivity contribution in [3.8, 4) is 5.75 Å². The van der Waals surface area contributed by atoms with E-state index in [0.717, 1.165) is 11.0 Å². The van der Waals surface area contributed by atoms with Gasteiger partial charge in [0.05, 0.1) is 18.3 Å². The van der Waals surface area contributed by atoms with E-state index in [1.54, 1.807) is 12.1 Å². The maximum atomic E-state index is 12.1. The summed E-state index contributed by atoms with van der Waals surface area (Å²) in [5.74, 6) is -0.00329. The Hall–Kier alpha value is -2.31. The lowest BCUT2D eigenvalue weighted by Gasteiger charge is -2.32. The second-order valence-electron chi connectivity index (χ2n) is 7.61. The molecular formula is C21H25BO5. The normalized spacial score (nSPS) is 17.6. The van der Waals surface area contributed by atoms with Crippen molar-refractivity contribution in [3.05, 3.63) is 59.7 Å². The first-order valence-corrected chi connectivity index (χ1v) is 8.98. The second kappa shape index (κ2) is 7.37. The first-order chi connectivity index (χ1) is 12.7. The van der Waals surface area contributed by atoms with E-state index in [4.69, 9.17) is 18.8 Å². The summed E-state index contributed by atoms with van der Waals surface area (Å²) in [7, 11) is 0.826. The summed E-state index contributed by atoms with van der Waals surface area (Å²) in [5.41, 5.74) is 1.29. The van der Waals surface area contributed by atoms with Gasteiger partial charge in [0.1, 0.15) is 17.9 Å². The van der Waals surface area contributed by atoms with Crippen molar-refractivity contribution in [2.45, 2.75) is 45.5 Å². The van der Waals surface area contributed by atoms with Crippen molar-refractivity contribution >= 4 is 18.6 Å². The van der Waals surface area contributed by atoms with Crippen LogP contribution in [-0.2, 0) is 20.7 Å². The quantitative estimate of drug-likeness (QED) is 0.599. The van der Waals surface area contributed by atoms with E-state index in [0.29, 0.717) is 17.9 Å². The first-order valence-electron chi connectivity index (χ1n) is 8.98. The highest BCUT2D eigenvalue weighted by atomic mass is 16.7. The van der Waals surface area contributed by atoms with Gasteiger partial charge >= 0.3 is 13.1 Å². The van der Waals surface area contributed by atoms with E-state index in [1.165, 1.54) is 7.11 Å². The molecule has 2 aromatic carbocycles. The highest BCUT2D eigenvalue weighted by molar-refractivity contribution is 6.62. The number of esters is 1. The zero-order valence-electron chi connectivity index (χ0n) is 16.4. The lowest BCUT2D eigenvalue weighted by atomic mass is 9.78. The fourth-order valence-electron chi connectivity index (χ4n) is 2.80. The molecule has 0 bridgehead atoms. The van der Waals surface area contributed by atoms with Crippen LogP contribution in [0.3, 0.4) is 0 Å². The third-order valence-corrected chi connectivity index (χ3v) is 5.17. The maximum absolute atomic E-state index is 12.1. The average Bonchev–Trinajstić information content (AvgIpc) is 2.87. The largest absolute Gasteiger partial charge is 0.494 e. The van der Waals surface area contributed by atoms with Crippen LogP contribution < -0.4 is 10.2 Å². The van der Waals surface area contributed by atoms with Crippen molar-refractivity contribution in [2.75, 3.05) is 7.11 Å². The van der Waals surface area contributed by atoms with Crippen LogP contribution in [0.4, 0.5) is 0 Å². The van der Waals surface area contributed by atoms with E-state index in [2.05, 4.69) is 0 Å². The van der Waals surface area contributed by atoms with Crippen molar-refractivity contribution in [3.63, 3.8) is 0 Å². The molecule has 1 aliphatic rings. The molecule has 3 rings (SSSR count). The number of hydrogen-bond donors (Lipinski definition) is 0.